The van der Waals surface area contributed by atoms with Gasteiger partial charge in [-0.05, 0) is 37.3 Å². The van der Waals surface area contributed by atoms with Crippen LogP contribution in [0.1, 0.15) is 59.7 Å². The van der Waals surface area contributed by atoms with Crippen LogP contribution in [0.25, 0.3) is 0 Å². The summed E-state index contributed by atoms with van der Waals surface area (Å²) in [4.78, 5) is 12.5. The maximum Gasteiger partial charge on any atom is 0.131 e. The molecule has 1 atom stereocenters. The van der Waals surface area contributed by atoms with Crippen molar-refractivity contribution in [2.75, 3.05) is 0 Å². The number of aliphatic imine (C=N–C) groups is 1. The number of aromatic nitrogens is 2. The lowest BCUT2D eigenvalue weighted by atomic mass is 9.97. The molecule has 0 amide bonds. The molecule has 3 nitrogen and oxygen atoms in total. The molecule has 122 valence electrons. The number of rotatable bonds is 6. The Balaban J connectivity index is 0.000000401. The lowest BCUT2D eigenvalue weighted by Gasteiger charge is -2.12. The van der Waals surface area contributed by atoms with Gasteiger partial charge < -0.3 is 0 Å². The van der Waals surface area contributed by atoms with E-state index in [1.165, 1.54) is 0 Å². The molecule has 1 rings (SSSR count). The standard InChI is InChI=1S/C10H17N.C9H14N2/c1-5-6-7-11-10(4)8-9(2)3;1-7(2)8(3)9-10-5-4-6-11-9/h5-7,9H,4,8H2,1-3H3;4-8H,1-3H3/b6-5-,11-7?;. The topological polar surface area (TPSA) is 38.1 Å². The molecule has 0 fully saturated rings. The zero-order valence-electron chi connectivity index (χ0n) is 15.0. The first kappa shape index (κ1) is 20.2. The van der Waals surface area contributed by atoms with Crippen molar-refractivity contribution < 1.29 is 0 Å². The fourth-order valence-corrected chi connectivity index (χ4v) is 1.60. The zero-order chi connectivity index (χ0) is 17.0. The van der Waals surface area contributed by atoms with E-state index in [1.54, 1.807) is 18.6 Å². The van der Waals surface area contributed by atoms with Crippen molar-refractivity contribution >= 4 is 6.21 Å². The van der Waals surface area contributed by atoms with Crippen LogP contribution in [-0.4, -0.2) is 16.2 Å². The quantitative estimate of drug-likeness (QED) is 0.657. The summed E-state index contributed by atoms with van der Waals surface area (Å²) in [6, 6.07) is 1.84. The number of allylic oxidation sites excluding steroid dienone is 3. The number of nitrogens with zero attached hydrogens (tertiary/aromatic N) is 3. The Morgan fingerprint density at radius 2 is 1.77 bits per heavy atom. The third kappa shape index (κ3) is 10.0. The minimum atomic E-state index is 0.455. The van der Waals surface area contributed by atoms with E-state index in [2.05, 4.69) is 56.2 Å². The molecular formula is C19H31N3. The third-order valence-corrected chi connectivity index (χ3v) is 3.17. The summed E-state index contributed by atoms with van der Waals surface area (Å²) in [6.07, 6.45) is 10.2. The molecule has 0 radical (unpaired) electrons. The molecule has 1 heterocycles. The van der Waals surface area contributed by atoms with Gasteiger partial charge in [-0.1, -0.05) is 47.3 Å². The minimum Gasteiger partial charge on any atom is -0.262 e. The Kier molecular flexibility index (Phi) is 10.9. The van der Waals surface area contributed by atoms with Gasteiger partial charge in [-0.15, -0.1) is 0 Å². The van der Waals surface area contributed by atoms with Crippen molar-refractivity contribution in [2.45, 2.75) is 53.9 Å². The van der Waals surface area contributed by atoms with Crippen LogP contribution in [-0.2, 0) is 0 Å². The monoisotopic (exact) mass is 301 g/mol. The van der Waals surface area contributed by atoms with Gasteiger partial charge in [0.05, 0.1) is 0 Å². The predicted octanol–water partition coefficient (Wildman–Crippen LogP) is 5.43. The second kappa shape index (κ2) is 11.8. The van der Waals surface area contributed by atoms with Crippen molar-refractivity contribution in [3.8, 4) is 0 Å². The van der Waals surface area contributed by atoms with Crippen molar-refractivity contribution in [1.29, 1.82) is 0 Å². The molecule has 0 N–H and O–H groups in total. The molecule has 1 aromatic heterocycles. The van der Waals surface area contributed by atoms with Gasteiger partial charge in [0, 0.05) is 30.2 Å². The second-order valence-electron chi connectivity index (χ2n) is 6.11. The lowest BCUT2D eigenvalue weighted by molar-refractivity contribution is 0.510. The molecule has 0 aromatic carbocycles. The average Bonchev–Trinajstić information content (AvgIpc) is 2.47. The maximum absolute atomic E-state index is 4.19. The van der Waals surface area contributed by atoms with E-state index in [0.29, 0.717) is 17.8 Å². The van der Waals surface area contributed by atoms with E-state index in [-0.39, 0.29) is 0 Å². The smallest absolute Gasteiger partial charge is 0.131 e. The van der Waals surface area contributed by atoms with Gasteiger partial charge in [0.1, 0.15) is 5.82 Å². The summed E-state index contributed by atoms with van der Waals surface area (Å²) in [5, 5.41) is 0. The molecule has 0 bridgehead atoms. The van der Waals surface area contributed by atoms with Crippen molar-refractivity contribution in [3.05, 3.63) is 48.7 Å². The Labute approximate surface area is 136 Å². The van der Waals surface area contributed by atoms with Gasteiger partial charge in [-0.25, -0.2) is 9.97 Å². The Hall–Kier alpha value is -1.77. The van der Waals surface area contributed by atoms with Crippen molar-refractivity contribution in [2.24, 2.45) is 16.8 Å². The van der Waals surface area contributed by atoms with Gasteiger partial charge in [0.25, 0.3) is 0 Å². The first-order valence-electron chi connectivity index (χ1n) is 7.98. The van der Waals surface area contributed by atoms with Gasteiger partial charge >= 0.3 is 0 Å². The Bertz CT molecular complexity index is 459. The van der Waals surface area contributed by atoms with E-state index in [1.807, 2.05) is 25.1 Å². The number of hydrogen-bond acceptors (Lipinski definition) is 3. The van der Waals surface area contributed by atoms with E-state index >= 15 is 0 Å². The van der Waals surface area contributed by atoms with Crippen LogP contribution in [0.5, 0.6) is 0 Å². The summed E-state index contributed by atoms with van der Waals surface area (Å²) in [5.74, 6) is 2.65. The zero-order valence-corrected chi connectivity index (χ0v) is 15.0. The van der Waals surface area contributed by atoms with Gasteiger partial charge in [0.2, 0.25) is 0 Å². The highest BCUT2D eigenvalue weighted by molar-refractivity contribution is 5.71. The summed E-state index contributed by atoms with van der Waals surface area (Å²) in [5.41, 5.74) is 0.957. The van der Waals surface area contributed by atoms with Gasteiger partial charge in [0.15, 0.2) is 0 Å². The fourth-order valence-electron chi connectivity index (χ4n) is 1.60. The molecule has 1 aromatic rings. The van der Waals surface area contributed by atoms with Crippen LogP contribution in [0.4, 0.5) is 0 Å². The van der Waals surface area contributed by atoms with Crippen LogP contribution in [0, 0.1) is 11.8 Å². The highest BCUT2D eigenvalue weighted by Crippen LogP contribution is 2.18. The Morgan fingerprint density at radius 1 is 1.18 bits per heavy atom. The minimum absolute atomic E-state index is 0.455. The molecular weight excluding hydrogens is 270 g/mol. The van der Waals surface area contributed by atoms with E-state index in [4.69, 9.17) is 0 Å². The second-order valence-corrected chi connectivity index (χ2v) is 6.11. The molecule has 0 saturated carbocycles. The van der Waals surface area contributed by atoms with E-state index < -0.39 is 0 Å². The Morgan fingerprint density at radius 3 is 2.23 bits per heavy atom. The summed E-state index contributed by atoms with van der Waals surface area (Å²) < 4.78 is 0. The largest absolute Gasteiger partial charge is 0.262 e. The normalized spacial score (nSPS) is 12.7. The van der Waals surface area contributed by atoms with Crippen LogP contribution in [0.3, 0.4) is 0 Å². The molecule has 0 aliphatic heterocycles. The summed E-state index contributed by atoms with van der Waals surface area (Å²) >= 11 is 0. The SMILES string of the molecule is C=C(CC(C)C)N=C/C=C\C.CC(C)C(C)c1ncccn1. The molecule has 0 aliphatic carbocycles. The lowest BCUT2D eigenvalue weighted by Crippen LogP contribution is -2.05. The van der Waals surface area contributed by atoms with Crippen LogP contribution in [0.15, 0.2) is 47.9 Å². The first-order chi connectivity index (χ1) is 10.4. The van der Waals surface area contributed by atoms with Gasteiger partial charge in [-0.2, -0.15) is 0 Å². The van der Waals surface area contributed by atoms with Crippen molar-refractivity contribution in [3.63, 3.8) is 0 Å². The molecule has 1 unspecified atom stereocenters. The number of hydrogen-bond donors (Lipinski definition) is 0. The summed E-state index contributed by atoms with van der Waals surface area (Å²) in [6.45, 7) is 16.6. The molecule has 22 heavy (non-hydrogen) atoms. The van der Waals surface area contributed by atoms with E-state index in [0.717, 1.165) is 17.9 Å². The van der Waals surface area contributed by atoms with Crippen LogP contribution < -0.4 is 0 Å². The fraction of sp³-hybridized carbons (Fsp3) is 0.526. The predicted molar refractivity (Wildman–Crippen MR) is 97.2 cm³/mol. The first-order valence-corrected chi connectivity index (χ1v) is 7.98. The van der Waals surface area contributed by atoms with Crippen molar-refractivity contribution in [1.82, 2.24) is 9.97 Å². The molecule has 0 spiro atoms. The highest BCUT2D eigenvalue weighted by Gasteiger charge is 2.11. The van der Waals surface area contributed by atoms with E-state index in [9.17, 15) is 0 Å². The maximum atomic E-state index is 4.19. The molecule has 3 heteroatoms. The highest BCUT2D eigenvalue weighted by atomic mass is 14.9. The third-order valence-electron chi connectivity index (χ3n) is 3.17. The van der Waals surface area contributed by atoms with Crippen LogP contribution in [0.2, 0.25) is 0 Å². The van der Waals surface area contributed by atoms with Crippen LogP contribution >= 0.6 is 0 Å². The van der Waals surface area contributed by atoms with Gasteiger partial charge in [-0.3, -0.25) is 4.99 Å². The summed E-state index contributed by atoms with van der Waals surface area (Å²) in [7, 11) is 0. The molecule has 0 aliphatic rings. The average molecular weight is 301 g/mol. The molecule has 0 saturated heterocycles.